The third-order valence-corrected chi connectivity index (χ3v) is 5.89. The summed E-state index contributed by atoms with van der Waals surface area (Å²) in [6, 6.07) is 16.0. The van der Waals surface area contributed by atoms with Crippen molar-refractivity contribution in [3.05, 3.63) is 65.2 Å². The minimum atomic E-state index is -0.238. The van der Waals surface area contributed by atoms with Crippen molar-refractivity contribution >= 4 is 17.5 Å². The van der Waals surface area contributed by atoms with Crippen LogP contribution in [0.5, 0.6) is 0 Å². The van der Waals surface area contributed by atoms with Crippen LogP contribution >= 0.6 is 0 Å². The maximum atomic E-state index is 12.9. The smallest absolute Gasteiger partial charge is 0.243 e. The summed E-state index contributed by atoms with van der Waals surface area (Å²) in [5.74, 6) is -0.207. The molecule has 166 valence electrons. The highest BCUT2D eigenvalue weighted by Crippen LogP contribution is 2.13. The Morgan fingerprint density at radius 3 is 2.32 bits per heavy atom. The average Bonchev–Trinajstić information content (AvgIpc) is 2.75. The van der Waals surface area contributed by atoms with E-state index in [-0.39, 0.29) is 24.4 Å². The topological polar surface area (TPSA) is 55.9 Å². The van der Waals surface area contributed by atoms with Gasteiger partial charge in [-0.15, -0.1) is 0 Å². The first-order chi connectivity index (χ1) is 14.8. The number of nitrogens with one attached hydrogen (secondary N) is 1. The molecule has 31 heavy (non-hydrogen) atoms. The van der Waals surface area contributed by atoms with E-state index in [9.17, 15) is 9.59 Å². The number of hydrogen-bond donors (Lipinski definition) is 1. The maximum absolute atomic E-state index is 12.9. The second kappa shape index (κ2) is 10.6. The van der Waals surface area contributed by atoms with Crippen molar-refractivity contribution in [3.8, 4) is 0 Å². The number of anilines is 1. The number of carbonyl (C=O) groups is 2. The zero-order valence-electron chi connectivity index (χ0n) is 19.1. The number of aryl methyl sites for hydroxylation is 2. The molecule has 6 heteroatoms. The minimum absolute atomic E-state index is 0.0220. The van der Waals surface area contributed by atoms with Crippen LogP contribution in [0.4, 0.5) is 5.69 Å². The fourth-order valence-corrected chi connectivity index (χ4v) is 3.98. The molecule has 1 saturated heterocycles. The first-order valence-electron chi connectivity index (χ1n) is 11.0. The van der Waals surface area contributed by atoms with Gasteiger partial charge in [0.05, 0.1) is 12.6 Å². The fourth-order valence-electron chi connectivity index (χ4n) is 3.98. The second-order valence-corrected chi connectivity index (χ2v) is 8.59. The SMILES string of the molecule is Cc1ccc(NC(=O)CN(C)C(=O)C(C)N2CCN(Cc3cccc(C)c3)CC2)cc1. The van der Waals surface area contributed by atoms with Crippen LogP contribution in [0.15, 0.2) is 48.5 Å². The summed E-state index contributed by atoms with van der Waals surface area (Å²) in [4.78, 5) is 31.4. The zero-order chi connectivity index (χ0) is 22.4. The lowest BCUT2D eigenvalue weighted by molar-refractivity contribution is -0.138. The van der Waals surface area contributed by atoms with E-state index in [0.29, 0.717) is 0 Å². The largest absolute Gasteiger partial charge is 0.335 e. The van der Waals surface area contributed by atoms with Crippen molar-refractivity contribution < 1.29 is 9.59 Å². The Hall–Kier alpha value is -2.70. The van der Waals surface area contributed by atoms with E-state index in [4.69, 9.17) is 0 Å². The molecule has 0 radical (unpaired) electrons. The molecule has 1 aliphatic rings. The molecule has 6 nitrogen and oxygen atoms in total. The summed E-state index contributed by atoms with van der Waals surface area (Å²) in [6.45, 7) is 10.6. The van der Waals surface area contributed by atoms with Crippen molar-refractivity contribution in [2.24, 2.45) is 0 Å². The predicted molar refractivity (Wildman–Crippen MR) is 125 cm³/mol. The van der Waals surface area contributed by atoms with Crippen molar-refractivity contribution in [3.63, 3.8) is 0 Å². The fraction of sp³-hybridized carbons (Fsp3) is 0.440. The van der Waals surface area contributed by atoms with Gasteiger partial charge < -0.3 is 10.2 Å². The summed E-state index contributed by atoms with van der Waals surface area (Å²) in [5.41, 5.74) is 4.49. The Morgan fingerprint density at radius 1 is 1.00 bits per heavy atom. The predicted octanol–water partition coefficient (Wildman–Crippen LogP) is 2.91. The molecular formula is C25H34N4O2. The minimum Gasteiger partial charge on any atom is -0.335 e. The molecule has 1 atom stereocenters. The molecule has 0 saturated carbocycles. The van der Waals surface area contributed by atoms with Gasteiger partial charge in [0, 0.05) is 45.5 Å². The Balaban J connectivity index is 1.45. The van der Waals surface area contributed by atoms with E-state index in [2.05, 4.69) is 46.3 Å². The van der Waals surface area contributed by atoms with Crippen molar-refractivity contribution in [1.82, 2.24) is 14.7 Å². The van der Waals surface area contributed by atoms with Crippen LogP contribution in [-0.4, -0.2) is 72.3 Å². The lowest BCUT2D eigenvalue weighted by Gasteiger charge is -2.38. The molecule has 2 aromatic carbocycles. The summed E-state index contributed by atoms with van der Waals surface area (Å²) in [7, 11) is 1.70. The molecule has 1 aliphatic heterocycles. The highest BCUT2D eigenvalue weighted by atomic mass is 16.2. The molecule has 0 bridgehead atoms. The summed E-state index contributed by atoms with van der Waals surface area (Å²) >= 11 is 0. The van der Waals surface area contributed by atoms with Crippen LogP contribution in [0.1, 0.15) is 23.6 Å². The summed E-state index contributed by atoms with van der Waals surface area (Å²) < 4.78 is 0. The molecule has 0 aliphatic carbocycles. The highest BCUT2D eigenvalue weighted by molar-refractivity contribution is 5.95. The van der Waals surface area contributed by atoms with Crippen molar-refractivity contribution in [1.29, 1.82) is 0 Å². The molecular weight excluding hydrogens is 388 g/mol. The highest BCUT2D eigenvalue weighted by Gasteiger charge is 2.28. The standard InChI is InChI=1S/C25H34N4O2/c1-19-8-10-23(11-9-19)26-24(30)18-27(4)25(31)21(3)29-14-12-28(13-15-29)17-22-7-5-6-20(2)16-22/h5-11,16,21H,12-15,17-18H2,1-4H3,(H,26,30). The molecule has 1 unspecified atom stereocenters. The number of hydrogen-bond acceptors (Lipinski definition) is 4. The van der Waals surface area contributed by atoms with Crippen LogP contribution in [-0.2, 0) is 16.1 Å². The van der Waals surface area contributed by atoms with Crippen LogP contribution in [0, 0.1) is 13.8 Å². The number of nitrogens with zero attached hydrogens (tertiary/aromatic N) is 3. The molecule has 0 aromatic heterocycles. The quantitative estimate of drug-likeness (QED) is 0.746. The lowest BCUT2D eigenvalue weighted by atomic mass is 10.1. The van der Waals surface area contributed by atoms with Crippen molar-refractivity contribution in [2.75, 3.05) is 45.1 Å². The van der Waals surface area contributed by atoms with Gasteiger partial charge in [-0.3, -0.25) is 19.4 Å². The van der Waals surface area contributed by atoms with E-state index >= 15 is 0 Å². The lowest BCUT2D eigenvalue weighted by Crippen LogP contribution is -2.54. The van der Waals surface area contributed by atoms with Gasteiger partial charge in [0.25, 0.3) is 0 Å². The van der Waals surface area contributed by atoms with Gasteiger partial charge in [0.15, 0.2) is 0 Å². The molecule has 1 fully saturated rings. The molecule has 1 N–H and O–H groups in total. The van der Waals surface area contributed by atoms with E-state index < -0.39 is 0 Å². The van der Waals surface area contributed by atoms with Crippen molar-refractivity contribution in [2.45, 2.75) is 33.4 Å². The van der Waals surface area contributed by atoms with E-state index in [1.54, 1.807) is 7.05 Å². The third-order valence-electron chi connectivity index (χ3n) is 5.89. The zero-order valence-corrected chi connectivity index (χ0v) is 19.1. The van der Waals surface area contributed by atoms with E-state index in [1.807, 2.05) is 38.1 Å². The number of rotatable bonds is 7. The number of piperazine rings is 1. The van der Waals surface area contributed by atoms with Gasteiger partial charge in [0.1, 0.15) is 0 Å². The third kappa shape index (κ3) is 6.64. The molecule has 0 spiro atoms. The summed E-state index contributed by atoms with van der Waals surface area (Å²) in [6.07, 6.45) is 0. The molecule has 3 rings (SSSR count). The van der Waals surface area contributed by atoms with Crippen LogP contribution in [0.2, 0.25) is 0 Å². The Kier molecular flexibility index (Phi) is 7.82. The molecule has 2 aromatic rings. The first-order valence-corrected chi connectivity index (χ1v) is 11.0. The van der Waals surface area contributed by atoms with Gasteiger partial charge in [-0.2, -0.15) is 0 Å². The number of likely N-dealkylation sites (N-methyl/N-ethyl adjacent to an activating group) is 1. The summed E-state index contributed by atoms with van der Waals surface area (Å²) in [5, 5.41) is 2.85. The number of carbonyl (C=O) groups excluding carboxylic acids is 2. The van der Waals surface area contributed by atoms with E-state index in [1.165, 1.54) is 16.0 Å². The molecule has 1 heterocycles. The van der Waals surface area contributed by atoms with Gasteiger partial charge in [-0.05, 0) is 38.5 Å². The Bertz CT molecular complexity index is 889. The Labute approximate surface area is 185 Å². The van der Waals surface area contributed by atoms with Gasteiger partial charge in [-0.25, -0.2) is 0 Å². The normalized spacial score (nSPS) is 16.0. The van der Waals surface area contributed by atoms with Gasteiger partial charge in [-0.1, -0.05) is 47.5 Å². The maximum Gasteiger partial charge on any atom is 0.243 e. The van der Waals surface area contributed by atoms with Gasteiger partial charge in [0.2, 0.25) is 11.8 Å². The van der Waals surface area contributed by atoms with Crippen LogP contribution in [0.3, 0.4) is 0 Å². The van der Waals surface area contributed by atoms with Crippen LogP contribution in [0.25, 0.3) is 0 Å². The average molecular weight is 423 g/mol. The molecule has 2 amide bonds. The number of amides is 2. The van der Waals surface area contributed by atoms with Crippen LogP contribution < -0.4 is 5.32 Å². The van der Waals surface area contributed by atoms with E-state index in [0.717, 1.165) is 44.0 Å². The Morgan fingerprint density at radius 2 is 1.68 bits per heavy atom. The van der Waals surface area contributed by atoms with Gasteiger partial charge >= 0.3 is 0 Å². The monoisotopic (exact) mass is 422 g/mol. The second-order valence-electron chi connectivity index (χ2n) is 8.59. The number of benzene rings is 2. The first kappa shape index (κ1) is 23.0.